The minimum atomic E-state index is -0.310. The summed E-state index contributed by atoms with van der Waals surface area (Å²) in [6, 6.07) is 10.3. The molecule has 11 nitrogen and oxygen atoms in total. The second-order valence-corrected chi connectivity index (χ2v) is 12.1. The predicted molar refractivity (Wildman–Crippen MR) is 167 cm³/mol. The highest BCUT2D eigenvalue weighted by atomic mass is 16.5. The Morgan fingerprint density at radius 3 is 2.79 bits per heavy atom. The highest BCUT2D eigenvalue weighted by molar-refractivity contribution is 6.19. The predicted octanol–water partition coefficient (Wildman–Crippen LogP) is 4.57. The van der Waals surface area contributed by atoms with Crippen molar-refractivity contribution < 1.29 is 14.3 Å². The number of hydrogen-bond donors (Lipinski definition) is 2. The first-order valence-electron chi connectivity index (χ1n) is 15.6. The molecule has 4 aliphatic rings. The maximum absolute atomic E-state index is 13.7. The lowest BCUT2D eigenvalue weighted by Gasteiger charge is -2.26. The molecule has 1 amide bonds. The standard InChI is InChI=1S/C32H40N8O3/c1-21-4-3-13-43-31-26(19-34-40(31)25-6-7-25)27-17-23(16-22(2)35-27)30(41)37-32-36-28-18-24(5-8-29(28)39(32)20-21)33-9-10-38-11-14-42-15-12-38/h5,8,16-19,21,25,33H,3-4,6-7,9-15,20H2,1-2H3,(H,36,37,41). The zero-order valence-electron chi connectivity index (χ0n) is 25.0. The van der Waals surface area contributed by atoms with Crippen molar-refractivity contribution in [3.63, 3.8) is 0 Å². The number of aliphatic imine (C=N–C) groups is 1. The van der Waals surface area contributed by atoms with Gasteiger partial charge in [0.25, 0.3) is 5.91 Å². The number of morpholine rings is 1. The number of aryl methyl sites for hydroxylation is 1. The molecule has 5 heterocycles. The average molecular weight is 585 g/mol. The first kappa shape index (κ1) is 27.8. The number of benzene rings is 1. The molecular formula is C32H40N8O3. The zero-order valence-corrected chi connectivity index (χ0v) is 25.0. The summed E-state index contributed by atoms with van der Waals surface area (Å²) in [5, 5.41) is 11.7. The minimum absolute atomic E-state index is 0.310. The van der Waals surface area contributed by atoms with Gasteiger partial charge < -0.3 is 25.0 Å². The van der Waals surface area contributed by atoms with Crippen LogP contribution in [-0.2, 0) is 4.74 Å². The summed E-state index contributed by atoms with van der Waals surface area (Å²) in [7, 11) is 0. The minimum Gasteiger partial charge on any atom is -0.477 e. The fraction of sp³-hybridized carbons (Fsp3) is 0.500. The van der Waals surface area contributed by atoms with Crippen LogP contribution in [0.1, 0.15) is 54.7 Å². The number of ether oxygens (including phenoxy) is 2. The molecule has 1 aliphatic carbocycles. The van der Waals surface area contributed by atoms with Crippen molar-refractivity contribution in [2.24, 2.45) is 10.9 Å². The Morgan fingerprint density at radius 1 is 1.09 bits per heavy atom. The topological polar surface area (TPSA) is 109 Å². The summed E-state index contributed by atoms with van der Waals surface area (Å²) in [4.78, 5) is 27.6. The average Bonchev–Trinajstić information content (AvgIpc) is 3.68. The van der Waals surface area contributed by atoms with Crippen LogP contribution >= 0.6 is 0 Å². The number of hydrogen-bond acceptors (Lipinski definition) is 9. The summed E-state index contributed by atoms with van der Waals surface area (Å²) in [5.74, 6) is 1.35. The molecule has 3 aromatic rings. The van der Waals surface area contributed by atoms with E-state index in [-0.39, 0.29) is 5.91 Å². The van der Waals surface area contributed by atoms with Gasteiger partial charge in [0.05, 0.1) is 54.7 Å². The number of nitrogens with zero attached hydrogens (tertiary/aromatic N) is 6. The van der Waals surface area contributed by atoms with Crippen LogP contribution in [0.3, 0.4) is 0 Å². The number of aromatic nitrogens is 3. The molecule has 0 spiro atoms. The summed E-state index contributed by atoms with van der Waals surface area (Å²) in [5.41, 5.74) is 5.76. The Kier molecular flexibility index (Phi) is 7.75. The summed E-state index contributed by atoms with van der Waals surface area (Å²) in [6.07, 6.45) is 5.92. The molecule has 2 bridgehead atoms. The molecule has 1 saturated carbocycles. The molecule has 1 aromatic carbocycles. The third-order valence-corrected chi connectivity index (χ3v) is 8.55. The van der Waals surface area contributed by atoms with Crippen LogP contribution in [0.25, 0.3) is 11.3 Å². The second-order valence-electron chi connectivity index (χ2n) is 12.1. The SMILES string of the molecule is Cc1cc2cc(n1)-c1cnn(C3CC3)c1OCCCC(C)CN1/C(=N/C2=O)Nc2cc(NCCN3CCOCC3)ccc21. The van der Waals surface area contributed by atoms with E-state index in [0.717, 1.165) is 106 Å². The first-order valence-corrected chi connectivity index (χ1v) is 15.6. The van der Waals surface area contributed by atoms with Crippen molar-refractivity contribution in [2.75, 3.05) is 68.1 Å². The van der Waals surface area contributed by atoms with Gasteiger partial charge in [-0.2, -0.15) is 10.1 Å². The van der Waals surface area contributed by atoms with E-state index in [1.807, 2.05) is 23.9 Å². The van der Waals surface area contributed by atoms with Crippen LogP contribution in [0.5, 0.6) is 5.88 Å². The quantitative estimate of drug-likeness (QED) is 0.446. The number of guanidine groups is 1. The van der Waals surface area contributed by atoms with Gasteiger partial charge in [-0.15, -0.1) is 0 Å². The van der Waals surface area contributed by atoms with Gasteiger partial charge in [-0.3, -0.25) is 14.7 Å². The van der Waals surface area contributed by atoms with Gasteiger partial charge in [0.1, 0.15) is 0 Å². The van der Waals surface area contributed by atoms with Crippen LogP contribution in [-0.4, -0.2) is 84.1 Å². The fourth-order valence-electron chi connectivity index (χ4n) is 6.08. The van der Waals surface area contributed by atoms with E-state index >= 15 is 0 Å². The summed E-state index contributed by atoms with van der Waals surface area (Å²) in [6.45, 7) is 10.9. The van der Waals surface area contributed by atoms with Gasteiger partial charge >= 0.3 is 0 Å². The number of fused-ring (bicyclic) bond motifs is 7. The Bertz CT molecular complexity index is 1520. The lowest BCUT2D eigenvalue weighted by Crippen LogP contribution is -2.38. The van der Waals surface area contributed by atoms with E-state index < -0.39 is 0 Å². The fourth-order valence-corrected chi connectivity index (χ4v) is 6.08. The maximum atomic E-state index is 13.7. The summed E-state index contributed by atoms with van der Waals surface area (Å²) < 4.78 is 13.8. The highest BCUT2D eigenvalue weighted by Gasteiger charge is 2.31. The van der Waals surface area contributed by atoms with Gasteiger partial charge in [0.2, 0.25) is 11.8 Å². The maximum Gasteiger partial charge on any atom is 0.280 e. The largest absolute Gasteiger partial charge is 0.477 e. The van der Waals surface area contributed by atoms with Crippen LogP contribution in [0.2, 0.25) is 0 Å². The summed E-state index contributed by atoms with van der Waals surface area (Å²) >= 11 is 0. The van der Waals surface area contributed by atoms with E-state index in [9.17, 15) is 4.79 Å². The lowest BCUT2D eigenvalue weighted by atomic mass is 10.1. The van der Waals surface area contributed by atoms with Gasteiger partial charge in [-0.25, -0.2) is 4.68 Å². The van der Waals surface area contributed by atoms with Gasteiger partial charge in [0, 0.05) is 49.7 Å². The number of rotatable bonds is 5. The van der Waals surface area contributed by atoms with E-state index in [0.29, 0.717) is 35.8 Å². The van der Waals surface area contributed by atoms with Crippen molar-refractivity contribution in [3.8, 4) is 17.1 Å². The van der Waals surface area contributed by atoms with E-state index in [1.165, 1.54) is 0 Å². The van der Waals surface area contributed by atoms with Crippen LogP contribution in [0.4, 0.5) is 17.1 Å². The Balaban J connectivity index is 1.16. The third-order valence-electron chi connectivity index (χ3n) is 8.55. The molecule has 43 heavy (non-hydrogen) atoms. The van der Waals surface area contributed by atoms with Crippen molar-refractivity contribution in [1.29, 1.82) is 0 Å². The van der Waals surface area contributed by atoms with Gasteiger partial charge in [0.15, 0.2) is 0 Å². The molecule has 1 unspecified atom stereocenters. The van der Waals surface area contributed by atoms with Gasteiger partial charge in [-0.1, -0.05) is 6.92 Å². The molecule has 2 fully saturated rings. The number of carbonyl (C=O) groups excluding carboxylic acids is 1. The smallest absolute Gasteiger partial charge is 0.280 e. The van der Waals surface area contributed by atoms with E-state index in [2.05, 4.69) is 55.6 Å². The van der Waals surface area contributed by atoms with Crippen molar-refractivity contribution in [3.05, 3.63) is 47.8 Å². The zero-order chi connectivity index (χ0) is 29.3. The van der Waals surface area contributed by atoms with E-state index in [4.69, 9.17) is 14.5 Å². The molecule has 1 saturated heterocycles. The highest BCUT2D eigenvalue weighted by Crippen LogP contribution is 2.41. The molecule has 11 heteroatoms. The molecule has 3 aliphatic heterocycles. The molecule has 1 atom stereocenters. The number of carbonyl (C=O) groups is 1. The third kappa shape index (κ3) is 6.09. The Labute approximate surface area is 252 Å². The number of anilines is 3. The number of nitrogens with one attached hydrogen (secondary N) is 2. The normalized spacial score (nSPS) is 22.2. The van der Waals surface area contributed by atoms with Crippen LogP contribution < -0.4 is 20.3 Å². The molecule has 2 N–H and O–H groups in total. The van der Waals surface area contributed by atoms with Crippen molar-refractivity contribution >= 4 is 28.9 Å². The number of pyridine rings is 1. The van der Waals surface area contributed by atoms with E-state index in [1.54, 1.807) is 6.07 Å². The molecule has 226 valence electrons. The monoisotopic (exact) mass is 584 g/mol. The van der Waals surface area contributed by atoms with Crippen molar-refractivity contribution in [2.45, 2.75) is 45.6 Å². The molecule has 2 aromatic heterocycles. The molecule has 0 radical (unpaired) electrons. The van der Waals surface area contributed by atoms with Gasteiger partial charge in [-0.05, 0) is 68.9 Å². The van der Waals surface area contributed by atoms with Crippen LogP contribution in [0, 0.1) is 12.8 Å². The Morgan fingerprint density at radius 2 is 1.95 bits per heavy atom. The first-order chi connectivity index (χ1) is 21.0. The van der Waals surface area contributed by atoms with Crippen LogP contribution in [0.15, 0.2) is 41.5 Å². The second kappa shape index (κ2) is 12.0. The van der Waals surface area contributed by atoms with Crippen molar-refractivity contribution in [1.82, 2.24) is 19.7 Å². The molecular weight excluding hydrogens is 544 g/mol. The number of amides is 1. The molecule has 7 rings (SSSR count). The Hall–Kier alpha value is -3.96. The lowest BCUT2D eigenvalue weighted by molar-refractivity contribution is 0.0398.